The van der Waals surface area contributed by atoms with Crippen LogP contribution >= 0.6 is 0 Å². The molecule has 44 heavy (non-hydrogen) atoms. The van der Waals surface area contributed by atoms with Gasteiger partial charge in [-0.05, 0) is 51.9 Å². The van der Waals surface area contributed by atoms with E-state index >= 15 is 0 Å². The molecule has 0 fully saturated rings. The summed E-state index contributed by atoms with van der Waals surface area (Å²) < 4.78 is 16.8. The highest BCUT2D eigenvalue weighted by Gasteiger charge is 2.54. The summed E-state index contributed by atoms with van der Waals surface area (Å²) in [6.45, 7) is 6.31. The lowest BCUT2D eigenvalue weighted by atomic mass is 9.84. The van der Waals surface area contributed by atoms with Crippen LogP contribution in [0.15, 0.2) is 97.1 Å². The average Bonchev–Trinajstić information content (AvgIpc) is 3.37. The maximum absolute atomic E-state index is 14.6. The van der Waals surface area contributed by atoms with E-state index in [9.17, 15) is 14.4 Å². The van der Waals surface area contributed by atoms with Crippen LogP contribution in [0.1, 0.15) is 63.7 Å². The summed E-state index contributed by atoms with van der Waals surface area (Å²) in [6.07, 6.45) is 0.250. The van der Waals surface area contributed by atoms with Gasteiger partial charge in [0.05, 0.1) is 19.8 Å². The second kappa shape index (κ2) is 12.4. The molecular formula is C37H37NO6. The first-order valence-corrected chi connectivity index (χ1v) is 14.6. The Morgan fingerprint density at radius 2 is 1.48 bits per heavy atom. The molecule has 226 valence electrons. The highest BCUT2D eigenvalue weighted by molar-refractivity contribution is 6.14. The SMILES string of the molecule is COC(=O)C1(Cc2ccccc2)Cc2c(C(=O)OCc3ccccc3)cccc2N1C(=O)c1ccc(C(C)(C)C)c(OC)c1. The van der Waals surface area contributed by atoms with Crippen molar-refractivity contribution in [3.63, 3.8) is 0 Å². The number of hydrogen-bond donors (Lipinski definition) is 0. The molecule has 1 aliphatic heterocycles. The van der Waals surface area contributed by atoms with E-state index in [0.29, 0.717) is 28.1 Å². The van der Waals surface area contributed by atoms with E-state index in [4.69, 9.17) is 14.2 Å². The van der Waals surface area contributed by atoms with Gasteiger partial charge < -0.3 is 14.2 Å². The summed E-state index contributed by atoms with van der Waals surface area (Å²) in [5.74, 6) is -0.936. The Hall–Kier alpha value is -4.91. The van der Waals surface area contributed by atoms with Gasteiger partial charge in [0.15, 0.2) is 5.54 Å². The fraction of sp³-hybridized carbons (Fsp3) is 0.270. The lowest BCUT2D eigenvalue weighted by molar-refractivity contribution is -0.146. The maximum Gasteiger partial charge on any atom is 0.338 e. The van der Waals surface area contributed by atoms with Crippen LogP contribution in [-0.2, 0) is 39.1 Å². The zero-order valence-electron chi connectivity index (χ0n) is 25.8. The number of hydrogen-bond acceptors (Lipinski definition) is 6. The van der Waals surface area contributed by atoms with Crippen LogP contribution in [0.4, 0.5) is 5.69 Å². The molecule has 0 N–H and O–H groups in total. The molecule has 0 aliphatic carbocycles. The van der Waals surface area contributed by atoms with Gasteiger partial charge in [0.25, 0.3) is 5.91 Å². The van der Waals surface area contributed by atoms with E-state index in [1.807, 2.05) is 66.7 Å². The van der Waals surface area contributed by atoms with Gasteiger partial charge in [-0.3, -0.25) is 9.69 Å². The third-order valence-electron chi connectivity index (χ3n) is 8.09. The zero-order valence-corrected chi connectivity index (χ0v) is 25.8. The third kappa shape index (κ3) is 5.82. The highest BCUT2D eigenvalue weighted by atomic mass is 16.5. The molecule has 0 bridgehead atoms. The minimum absolute atomic E-state index is 0.0729. The normalized spacial score (nSPS) is 15.8. The Morgan fingerprint density at radius 3 is 2.09 bits per heavy atom. The Kier molecular flexibility index (Phi) is 8.59. The van der Waals surface area contributed by atoms with Crippen molar-refractivity contribution >= 4 is 23.5 Å². The van der Waals surface area contributed by atoms with Gasteiger partial charge in [0, 0.05) is 24.1 Å². The maximum atomic E-state index is 14.6. The number of rotatable bonds is 8. The van der Waals surface area contributed by atoms with Crippen molar-refractivity contribution < 1.29 is 28.6 Å². The first-order valence-electron chi connectivity index (χ1n) is 14.6. The van der Waals surface area contributed by atoms with Crippen LogP contribution in [0.5, 0.6) is 5.75 Å². The molecule has 1 amide bonds. The van der Waals surface area contributed by atoms with Crippen molar-refractivity contribution in [2.24, 2.45) is 0 Å². The molecule has 0 saturated carbocycles. The summed E-state index contributed by atoms with van der Waals surface area (Å²) in [5.41, 5.74) is 2.64. The standard InChI is InChI=1S/C37H37NO6/c1-36(2,3)30-20-19-27(21-32(30)42-4)33(39)38-31-18-12-17-28(34(40)44-24-26-15-10-7-11-16-26)29(31)23-37(38,35(41)43-5)22-25-13-8-6-9-14-25/h6-21H,22-24H2,1-5H3. The molecule has 1 aliphatic rings. The van der Waals surface area contributed by atoms with Gasteiger partial charge in [0.2, 0.25) is 0 Å². The molecule has 1 unspecified atom stereocenters. The number of ether oxygens (including phenoxy) is 3. The summed E-state index contributed by atoms with van der Waals surface area (Å²) in [7, 11) is 2.89. The number of methoxy groups -OCH3 is 2. The van der Waals surface area contributed by atoms with Crippen LogP contribution in [0, 0.1) is 0 Å². The predicted molar refractivity (Wildman–Crippen MR) is 169 cm³/mol. The van der Waals surface area contributed by atoms with Crippen molar-refractivity contribution in [3.8, 4) is 5.75 Å². The largest absolute Gasteiger partial charge is 0.496 e. The second-order valence-corrected chi connectivity index (χ2v) is 12.0. The molecule has 7 nitrogen and oxygen atoms in total. The number of esters is 2. The molecule has 1 atom stereocenters. The summed E-state index contributed by atoms with van der Waals surface area (Å²) in [5, 5.41) is 0. The minimum atomic E-state index is -1.46. The van der Waals surface area contributed by atoms with Gasteiger partial charge in [-0.1, -0.05) is 93.6 Å². The predicted octanol–water partition coefficient (Wildman–Crippen LogP) is 6.71. The third-order valence-corrected chi connectivity index (χ3v) is 8.09. The number of benzene rings is 4. The van der Waals surface area contributed by atoms with E-state index in [-0.39, 0.29) is 24.9 Å². The molecule has 1 heterocycles. The van der Waals surface area contributed by atoms with E-state index in [0.717, 1.165) is 16.7 Å². The van der Waals surface area contributed by atoms with E-state index < -0.39 is 23.4 Å². The molecular weight excluding hydrogens is 554 g/mol. The molecule has 0 aromatic heterocycles. The van der Waals surface area contributed by atoms with Crippen LogP contribution in [-0.4, -0.2) is 37.6 Å². The Morgan fingerprint density at radius 1 is 0.818 bits per heavy atom. The number of carbonyl (C=O) groups is 3. The van der Waals surface area contributed by atoms with Gasteiger partial charge in [-0.2, -0.15) is 0 Å². The smallest absolute Gasteiger partial charge is 0.338 e. The van der Waals surface area contributed by atoms with Gasteiger partial charge >= 0.3 is 11.9 Å². The zero-order chi connectivity index (χ0) is 31.5. The Balaban J connectivity index is 1.63. The first-order chi connectivity index (χ1) is 21.1. The van der Waals surface area contributed by atoms with E-state index in [2.05, 4.69) is 20.8 Å². The van der Waals surface area contributed by atoms with E-state index in [1.165, 1.54) is 12.0 Å². The van der Waals surface area contributed by atoms with Crippen LogP contribution < -0.4 is 9.64 Å². The monoisotopic (exact) mass is 591 g/mol. The molecule has 0 radical (unpaired) electrons. The second-order valence-electron chi connectivity index (χ2n) is 12.0. The topological polar surface area (TPSA) is 82.1 Å². The number of anilines is 1. The number of carbonyl (C=O) groups excluding carboxylic acids is 3. The van der Waals surface area contributed by atoms with Gasteiger partial charge in [0.1, 0.15) is 12.4 Å². The Bertz CT molecular complexity index is 1680. The first kappa shape index (κ1) is 30.5. The average molecular weight is 592 g/mol. The summed E-state index contributed by atoms with van der Waals surface area (Å²) in [6, 6.07) is 29.4. The van der Waals surface area contributed by atoms with Gasteiger partial charge in [-0.25, -0.2) is 9.59 Å². The van der Waals surface area contributed by atoms with Crippen molar-refractivity contribution in [2.75, 3.05) is 19.1 Å². The van der Waals surface area contributed by atoms with Crippen molar-refractivity contribution in [2.45, 2.75) is 51.2 Å². The molecule has 7 heteroatoms. The molecule has 0 saturated heterocycles. The molecule has 0 spiro atoms. The summed E-state index contributed by atoms with van der Waals surface area (Å²) >= 11 is 0. The molecule has 5 rings (SSSR count). The van der Waals surface area contributed by atoms with Crippen LogP contribution in [0.2, 0.25) is 0 Å². The number of fused-ring (bicyclic) bond motifs is 1. The van der Waals surface area contributed by atoms with Crippen molar-refractivity contribution in [3.05, 3.63) is 130 Å². The minimum Gasteiger partial charge on any atom is -0.496 e. The van der Waals surface area contributed by atoms with Crippen molar-refractivity contribution in [1.82, 2.24) is 0 Å². The fourth-order valence-corrected chi connectivity index (χ4v) is 5.94. The number of nitrogens with zero attached hydrogens (tertiary/aromatic N) is 1. The Labute approximate surface area is 258 Å². The number of amides is 1. The van der Waals surface area contributed by atoms with Crippen LogP contribution in [0.25, 0.3) is 0 Å². The highest BCUT2D eigenvalue weighted by Crippen LogP contribution is 2.45. The lowest BCUT2D eigenvalue weighted by Crippen LogP contribution is -2.58. The molecule has 4 aromatic carbocycles. The van der Waals surface area contributed by atoms with Crippen molar-refractivity contribution in [1.29, 1.82) is 0 Å². The quantitative estimate of drug-likeness (QED) is 0.212. The van der Waals surface area contributed by atoms with E-state index in [1.54, 1.807) is 37.4 Å². The molecule has 4 aromatic rings. The van der Waals surface area contributed by atoms with Crippen LogP contribution in [0.3, 0.4) is 0 Å². The van der Waals surface area contributed by atoms with Gasteiger partial charge in [-0.15, -0.1) is 0 Å². The lowest BCUT2D eigenvalue weighted by Gasteiger charge is -2.36. The summed E-state index contributed by atoms with van der Waals surface area (Å²) in [4.78, 5) is 43.5. The fourth-order valence-electron chi connectivity index (χ4n) is 5.94.